The predicted molar refractivity (Wildman–Crippen MR) is 114 cm³/mol. The van der Waals surface area contributed by atoms with Gasteiger partial charge in [-0.15, -0.1) is 0 Å². The van der Waals surface area contributed by atoms with E-state index in [4.69, 9.17) is 9.47 Å². The van der Waals surface area contributed by atoms with Gasteiger partial charge in [-0.1, -0.05) is 18.2 Å². The van der Waals surface area contributed by atoms with Gasteiger partial charge in [0, 0.05) is 16.3 Å². The molecule has 1 amide bonds. The molecule has 146 valence electrons. The van der Waals surface area contributed by atoms with Crippen LogP contribution in [0.4, 0.5) is 5.69 Å². The van der Waals surface area contributed by atoms with Crippen molar-refractivity contribution < 1.29 is 14.3 Å². The van der Waals surface area contributed by atoms with Gasteiger partial charge in [0.25, 0.3) is 5.91 Å². The summed E-state index contributed by atoms with van der Waals surface area (Å²) in [6.07, 6.45) is 0. The molecule has 3 aromatic carbocycles. The van der Waals surface area contributed by atoms with Crippen LogP contribution >= 0.6 is 0 Å². The quantitative estimate of drug-likeness (QED) is 0.506. The zero-order valence-corrected chi connectivity index (χ0v) is 16.1. The van der Waals surface area contributed by atoms with Crippen molar-refractivity contribution in [3.63, 3.8) is 0 Å². The van der Waals surface area contributed by atoms with Gasteiger partial charge < -0.3 is 19.8 Å². The predicted octanol–water partition coefficient (Wildman–Crippen LogP) is 4.02. The normalized spacial score (nSPS) is 10.8. The molecule has 0 radical (unpaired) electrons. The van der Waals surface area contributed by atoms with Crippen LogP contribution < -0.4 is 20.2 Å². The highest BCUT2D eigenvalue weighted by atomic mass is 16.5. The molecule has 1 aromatic heterocycles. The second-order valence-corrected chi connectivity index (χ2v) is 6.75. The van der Waals surface area contributed by atoms with E-state index < -0.39 is 0 Å². The number of carbonyl (C=O) groups is 1. The molecule has 6 heteroatoms. The summed E-state index contributed by atoms with van der Waals surface area (Å²) in [4.78, 5) is 28.3. The van der Waals surface area contributed by atoms with Crippen LogP contribution in [0.5, 0.6) is 11.5 Å². The average Bonchev–Trinajstić information content (AvgIpc) is 2.73. The summed E-state index contributed by atoms with van der Waals surface area (Å²) >= 11 is 0. The van der Waals surface area contributed by atoms with E-state index in [1.54, 1.807) is 37.4 Å². The largest absolute Gasteiger partial charge is 0.495 e. The first-order chi connectivity index (χ1) is 14.0. The van der Waals surface area contributed by atoms with Gasteiger partial charge in [0.2, 0.25) is 0 Å². The number of benzene rings is 3. The van der Waals surface area contributed by atoms with E-state index in [2.05, 4.69) is 10.3 Å². The maximum absolute atomic E-state index is 12.8. The van der Waals surface area contributed by atoms with E-state index in [9.17, 15) is 9.59 Å². The Labute approximate surface area is 167 Å². The van der Waals surface area contributed by atoms with Crippen LogP contribution in [-0.2, 0) is 4.79 Å². The lowest BCUT2D eigenvalue weighted by Crippen LogP contribution is -2.20. The number of hydrogen-bond donors (Lipinski definition) is 2. The number of ether oxygens (including phenoxy) is 2. The second-order valence-electron chi connectivity index (χ2n) is 6.75. The summed E-state index contributed by atoms with van der Waals surface area (Å²) in [5.41, 5.74) is 3.01. The molecule has 0 saturated carbocycles. The summed E-state index contributed by atoms with van der Waals surface area (Å²) in [6, 6.07) is 18.0. The number of aryl methyl sites for hydroxylation is 1. The number of aromatic nitrogens is 1. The van der Waals surface area contributed by atoms with E-state index >= 15 is 0 Å². The highest BCUT2D eigenvalue weighted by Crippen LogP contribution is 2.25. The first-order valence-corrected chi connectivity index (χ1v) is 9.17. The number of carbonyl (C=O) groups excluding carboxylic acids is 1. The molecule has 0 atom stereocenters. The second kappa shape index (κ2) is 7.67. The van der Waals surface area contributed by atoms with E-state index in [0.717, 1.165) is 16.6 Å². The minimum Gasteiger partial charge on any atom is -0.495 e. The Balaban J connectivity index is 1.53. The molecule has 0 spiro atoms. The summed E-state index contributed by atoms with van der Waals surface area (Å²) in [5, 5.41) is 3.92. The van der Waals surface area contributed by atoms with Gasteiger partial charge in [-0.2, -0.15) is 0 Å². The molecule has 0 saturated heterocycles. The highest BCUT2D eigenvalue weighted by molar-refractivity contribution is 5.94. The Bertz CT molecular complexity index is 1280. The number of rotatable bonds is 5. The van der Waals surface area contributed by atoms with Crippen molar-refractivity contribution in [3.8, 4) is 11.5 Å². The van der Waals surface area contributed by atoms with Gasteiger partial charge >= 0.3 is 0 Å². The van der Waals surface area contributed by atoms with Gasteiger partial charge in [0.05, 0.1) is 18.3 Å². The molecule has 0 aliphatic heterocycles. The monoisotopic (exact) mass is 388 g/mol. The maximum atomic E-state index is 12.8. The number of amides is 1. The number of H-pyrrole nitrogens is 1. The van der Waals surface area contributed by atoms with E-state index in [1.807, 2.05) is 37.3 Å². The number of fused-ring (bicyclic) bond motifs is 2. The lowest BCUT2D eigenvalue weighted by Gasteiger charge is -2.12. The van der Waals surface area contributed by atoms with Crippen LogP contribution in [0.1, 0.15) is 5.56 Å². The van der Waals surface area contributed by atoms with Gasteiger partial charge in [0.15, 0.2) is 12.0 Å². The van der Waals surface area contributed by atoms with Crippen LogP contribution in [-0.4, -0.2) is 24.6 Å². The fraction of sp³-hybridized carbons (Fsp3) is 0.130. The molecule has 4 rings (SSSR count). The van der Waals surface area contributed by atoms with E-state index in [-0.39, 0.29) is 17.9 Å². The summed E-state index contributed by atoms with van der Waals surface area (Å²) < 4.78 is 10.9. The Morgan fingerprint density at radius 3 is 2.62 bits per heavy atom. The standard InChI is InChI=1S/C23H20N2O4/c1-14-7-10-21(28-2)20(11-14)25-22(26)13-29-15-8-9-19-17(12-15)23(27)16-5-3-4-6-18(16)24-19/h3-12H,13H2,1-2H3,(H,24,27)(H,25,26). The molecule has 0 fully saturated rings. The topological polar surface area (TPSA) is 80.4 Å². The van der Waals surface area contributed by atoms with Crippen LogP contribution in [0.15, 0.2) is 65.5 Å². The number of aromatic amines is 1. The van der Waals surface area contributed by atoms with Gasteiger partial charge in [0.1, 0.15) is 11.5 Å². The van der Waals surface area contributed by atoms with E-state index in [1.165, 1.54) is 0 Å². The summed E-state index contributed by atoms with van der Waals surface area (Å²) in [5.74, 6) is 0.708. The zero-order valence-electron chi connectivity index (χ0n) is 16.1. The van der Waals surface area contributed by atoms with Crippen molar-refractivity contribution in [1.29, 1.82) is 0 Å². The zero-order chi connectivity index (χ0) is 20.4. The molecule has 2 N–H and O–H groups in total. The molecule has 0 bridgehead atoms. The van der Waals surface area contributed by atoms with Gasteiger partial charge in [-0.25, -0.2) is 0 Å². The van der Waals surface area contributed by atoms with Crippen molar-refractivity contribution in [1.82, 2.24) is 4.98 Å². The Hall–Kier alpha value is -3.80. The first-order valence-electron chi connectivity index (χ1n) is 9.17. The third-order valence-electron chi connectivity index (χ3n) is 4.68. The van der Waals surface area contributed by atoms with Crippen molar-refractivity contribution in [3.05, 3.63) is 76.5 Å². The van der Waals surface area contributed by atoms with Crippen molar-refractivity contribution in [2.45, 2.75) is 6.92 Å². The molecule has 1 heterocycles. The molecule has 0 aliphatic carbocycles. The number of anilines is 1. The van der Waals surface area contributed by atoms with Gasteiger partial charge in [-0.05, 0) is 55.0 Å². The average molecular weight is 388 g/mol. The lowest BCUT2D eigenvalue weighted by atomic mass is 10.1. The maximum Gasteiger partial charge on any atom is 0.262 e. The molecule has 0 unspecified atom stereocenters. The van der Waals surface area contributed by atoms with Crippen LogP contribution in [0.2, 0.25) is 0 Å². The van der Waals surface area contributed by atoms with E-state index in [0.29, 0.717) is 28.0 Å². The fourth-order valence-corrected chi connectivity index (χ4v) is 3.24. The molecule has 29 heavy (non-hydrogen) atoms. The van der Waals surface area contributed by atoms with Crippen LogP contribution in [0.3, 0.4) is 0 Å². The Morgan fingerprint density at radius 1 is 1.00 bits per heavy atom. The highest BCUT2D eigenvalue weighted by Gasteiger charge is 2.10. The SMILES string of the molecule is COc1ccc(C)cc1NC(=O)COc1ccc2[nH]c3ccccc3c(=O)c2c1. The third-order valence-corrected chi connectivity index (χ3v) is 4.68. The molecular formula is C23H20N2O4. The number of pyridine rings is 1. The third kappa shape index (κ3) is 3.78. The minimum absolute atomic E-state index is 0.0752. The van der Waals surface area contributed by atoms with Crippen LogP contribution in [0, 0.1) is 6.92 Å². The molecule has 4 aromatic rings. The molecular weight excluding hydrogens is 368 g/mol. The Morgan fingerprint density at radius 2 is 1.79 bits per heavy atom. The number of methoxy groups -OCH3 is 1. The minimum atomic E-state index is -0.318. The fourth-order valence-electron chi connectivity index (χ4n) is 3.24. The van der Waals surface area contributed by atoms with Crippen molar-refractivity contribution in [2.75, 3.05) is 19.0 Å². The first kappa shape index (κ1) is 18.6. The summed E-state index contributed by atoms with van der Waals surface area (Å²) in [7, 11) is 1.55. The van der Waals surface area contributed by atoms with Crippen molar-refractivity contribution >= 4 is 33.4 Å². The number of hydrogen-bond acceptors (Lipinski definition) is 4. The smallest absolute Gasteiger partial charge is 0.262 e. The van der Waals surface area contributed by atoms with Crippen LogP contribution in [0.25, 0.3) is 21.8 Å². The molecule has 6 nitrogen and oxygen atoms in total. The summed E-state index contributed by atoms with van der Waals surface area (Å²) in [6.45, 7) is 1.75. The number of para-hydroxylation sites is 1. The Kier molecular flexibility index (Phi) is 4.91. The molecule has 0 aliphatic rings. The van der Waals surface area contributed by atoms with Gasteiger partial charge in [-0.3, -0.25) is 9.59 Å². The lowest BCUT2D eigenvalue weighted by molar-refractivity contribution is -0.118. The van der Waals surface area contributed by atoms with Crippen molar-refractivity contribution in [2.24, 2.45) is 0 Å². The number of nitrogens with one attached hydrogen (secondary N) is 2.